The molecule has 0 bridgehead atoms. The molecule has 2 aromatic rings. The van der Waals surface area contributed by atoms with Crippen molar-refractivity contribution in [3.8, 4) is 5.75 Å². The van der Waals surface area contributed by atoms with Gasteiger partial charge in [-0.2, -0.15) is 0 Å². The quantitative estimate of drug-likeness (QED) is 0.648. The number of hydrogen-bond donors (Lipinski definition) is 1. The van der Waals surface area contributed by atoms with Gasteiger partial charge in [0.25, 0.3) is 5.69 Å². The van der Waals surface area contributed by atoms with E-state index in [0.717, 1.165) is 16.9 Å². The zero-order valence-electron chi connectivity index (χ0n) is 11.2. The van der Waals surface area contributed by atoms with Crippen molar-refractivity contribution >= 4 is 5.69 Å². The smallest absolute Gasteiger partial charge is 0.269 e. The van der Waals surface area contributed by atoms with E-state index in [9.17, 15) is 10.1 Å². The Labute approximate surface area is 117 Å². The lowest BCUT2D eigenvalue weighted by Crippen LogP contribution is -2.12. The number of nitro groups is 1. The van der Waals surface area contributed by atoms with Crippen molar-refractivity contribution < 1.29 is 9.66 Å². The molecule has 0 aromatic heterocycles. The van der Waals surface area contributed by atoms with Gasteiger partial charge in [-0.3, -0.25) is 10.1 Å². The molecule has 2 aromatic carbocycles. The third kappa shape index (κ3) is 3.80. The minimum Gasteiger partial charge on any atom is -0.497 e. The number of nitrogens with one attached hydrogen (secondary N) is 1. The molecule has 0 spiro atoms. The van der Waals surface area contributed by atoms with E-state index in [0.29, 0.717) is 13.1 Å². The summed E-state index contributed by atoms with van der Waals surface area (Å²) in [4.78, 5) is 10.2. The minimum absolute atomic E-state index is 0.113. The van der Waals surface area contributed by atoms with Crippen LogP contribution in [0.25, 0.3) is 0 Å². The fourth-order valence-electron chi connectivity index (χ4n) is 1.87. The van der Waals surface area contributed by atoms with Crippen LogP contribution >= 0.6 is 0 Å². The molecule has 104 valence electrons. The largest absolute Gasteiger partial charge is 0.497 e. The molecule has 0 heterocycles. The number of ether oxygens (including phenoxy) is 1. The summed E-state index contributed by atoms with van der Waals surface area (Å²) in [6, 6.07) is 14.4. The number of nitro benzene ring substituents is 1. The molecule has 20 heavy (non-hydrogen) atoms. The number of hydrogen-bond acceptors (Lipinski definition) is 4. The fourth-order valence-corrected chi connectivity index (χ4v) is 1.87. The van der Waals surface area contributed by atoms with Gasteiger partial charge in [-0.1, -0.05) is 24.3 Å². The third-order valence-electron chi connectivity index (χ3n) is 2.94. The first-order chi connectivity index (χ1) is 9.69. The Morgan fingerprint density at radius 3 is 2.45 bits per heavy atom. The van der Waals surface area contributed by atoms with Crippen LogP contribution in [0.3, 0.4) is 0 Å². The zero-order valence-corrected chi connectivity index (χ0v) is 11.2. The molecule has 0 radical (unpaired) electrons. The lowest BCUT2D eigenvalue weighted by atomic mass is 10.2. The predicted molar refractivity (Wildman–Crippen MR) is 76.6 cm³/mol. The first-order valence-corrected chi connectivity index (χ1v) is 6.26. The molecule has 0 aliphatic rings. The van der Waals surface area contributed by atoms with E-state index in [4.69, 9.17) is 4.74 Å². The van der Waals surface area contributed by atoms with Gasteiger partial charge in [-0.15, -0.1) is 0 Å². The van der Waals surface area contributed by atoms with Gasteiger partial charge in [0.1, 0.15) is 5.75 Å². The maximum Gasteiger partial charge on any atom is 0.269 e. The van der Waals surface area contributed by atoms with Gasteiger partial charge in [0.05, 0.1) is 12.0 Å². The summed E-state index contributed by atoms with van der Waals surface area (Å²) in [6.07, 6.45) is 0. The second-order valence-electron chi connectivity index (χ2n) is 4.38. The number of nitrogens with zero attached hydrogens (tertiary/aromatic N) is 1. The molecule has 5 nitrogen and oxygen atoms in total. The van der Waals surface area contributed by atoms with Crippen LogP contribution in [0, 0.1) is 10.1 Å². The van der Waals surface area contributed by atoms with Crippen LogP contribution < -0.4 is 10.1 Å². The van der Waals surface area contributed by atoms with E-state index >= 15 is 0 Å². The molecule has 2 rings (SSSR count). The Balaban J connectivity index is 1.87. The summed E-state index contributed by atoms with van der Waals surface area (Å²) in [6.45, 7) is 1.38. The predicted octanol–water partition coefficient (Wildman–Crippen LogP) is 2.89. The van der Waals surface area contributed by atoms with Gasteiger partial charge in [-0.05, 0) is 23.3 Å². The lowest BCUT2D eigenvalue weighted by molar-refractivity contribution is -0.384. The highest BCUT2D eigenvalue weighted by atomic mass is 16.6. The third-order valence-corrected chi connectivity index (χ3v) is 2.94. The van der Waals surface area contributed by atoms with E-state index in [2.05, 4.69) is 5.32 Å². The maximum atomic E-state index is 10.5. The van der Waals surface area contributed by atoms with Crippen molar-refractivity contribution in [3.05, 3.63) is 69.8 Å². The van der Waals surface area contributed by atoms with E-state index in [1.165, 1.54) is 12.1 Å². The molecule has 0 saturated heterocycles. The standard InChI is InChI=1S/C15H16N2O3/c1-20-15-4-2-3-13(9-15)11-16-10-12-5-7-14(8-6-12)17(18)19/h2-9,16H,10-11H2,1H3. The summed E-state index contributed by atoms with van der Waals surface area (Å²) in [5, 5.41) is 13.8. The highest BCUT2D eigenvalue weighted by Crippen LogP contribution is 2.13. The summed E-state index contributed by atoms with van der Waals surface area (Å²) >= 11 is 0. The van der Waals surface area contributed by atoms with Gasteiger partial charge < -0.3 is 10.1 Å². The van der Waals surface area contributed by atoms with E-state index in [1.807, 2.05) is 24.3 Å². The molecule has 0 saturated carbocycles. The van der Waals surface area contributed by atoms with Crippen molar-refractivity contribution in [1.29, 1.82) is 0 Å². The Kier molecular flexibility index (Phi) is 4.68. The van der Waals surface area contributed by atoms with Crippen LogP contribution in [0.15, 0.2) is 48.5 Å². The molecule has 0 aliphatic carbocycles. The Bertz CT molecular complexity index is 582. The number of methoxy groups -OCH3 is 1. The number of rotatable bonds is 6. The van der Waals surface area contributed by atoms with Crippen molar-refractivity contribution in [2.45, 2.75) is 13.1 Å². The molecular weight excluding hydrogens is 256 g/mol. The number of benzene rings is 2. The topological polar surface area (TPSA) is 64.4 Å². The van der Waals surface area contributed by atoms with Crippen LogP contribution in [0.2, 0.25) is 0 Å². The van der Waals surface area contributed by atoms with Gasteiger partial charge in [0.15, 0.2) is 0 Å². The highest BCUT2D eigenvalue weighted by Gasteiger charge is 2.03. The first-order valence-electron chi connectivity index (χ1n) is 6.26. The minimum atomic E-state index is -0.395. The molecule has 5 heteroatoms. The molecule has 0 amide bonds. The first kappa shape index (κ1) is 14.0. The van der Waals surface area contributed by atoms with Crippen LogP contribution in [0.4, 0.5) is 5.69 Å². The van der Waals surface area contributed by atoms with Crippen molar-refractivity contribution in [3.63, 3.8) is 0 Å². The summed E-state index contributed by atoms with van der Waals surface area (Å²) in [5.74, 6) is 0.833. The highest BCUT2D eigenvalue weighted by molar-refractivity contribution is 5.33. The van der Waals surface area contributed by atoms with Gasteiger partial charge in [0.2, 0.25) is 0 Å². The monoisotopic (exact) mass is 272 g/mol. The lowest BCUT2D eigenvalue weighted by Gasteiger charge is -2.06. The number of non-ortho nitro benzene ring substituents is 1. The second-order valence-corrected chi connectivity index (χ2v) is 4.38. The average Bonchev–Trinajstić information content (AvgIpc) is 2.48. The van der Waals surface area contributed by atoms with E-state index in [-0.39, 0.29) is 5.69 Å². The Morgan fingerprint density at radius 2 is 1.80 bits per heavy atom. The molecule has 0 unspecified atom stereocenters. The summed E-state index contributed by atoms with van der Waals surface area (Å²) in [5.41, 5.74) is 2.26. The molecule has 0 atom stereocenters. The molecule has 0 fully saturated rings. The van der Waals surface area contributed by atoms with Crippen LogP contribution in [-0.4, -0.2) is 12.0 Å². The van der Waals surface area contributed by atoms with E-state index < -0.39 is 4.92 Å². The Morgan fingerprint density at radius 1 is 1.10 bits per heavy atom. The van der Waals surface area contributed by atoms with E-state index in [1.54, 1.807) is 19.2 Å². The van der Waals surface area contributed by atoms with Gasteiger partial charge in [0, 0.05) is 25.2 Å². The average molecular weight is 272 g/mol. The van der Waals surface area contributed by atoms with Gasteiger partial charge >= 0.3 is 0 Å². The Hall–Kier alpha value is -2.40. The van der Waals surface area contributed by atoms with Crippen LogP contribution in [0.1, 0.15) is 11.1 Å². The SMILES string of the molecule is COc1cccc(CNCc2ccc([N+](=O)[O-])cc2)c1. The molecular formula is C15H16N2O3. The maximum absolute atomic E-state index is 10.5. The second kappa shape index (κ2) is 6.68. The normalized spacial score (nSPS) is 10.2. The fraction of sp³-hybridized carbons (Fsp3) is 0.200. The van der Waals surface area contributed by atoms with Crippen LogP contribution in [0.5, 0.6) is 5.75 Å². The van der Waals surface area contributed by atoms with Crippen molar-refractivity contribution in [1.82, 2.24) is 5.32 Å². The molecule has 1 N–H and O–H groups in total. The zero-order chi connectivity index (χ0) is 14.4. The van der Waals surface area contributed by atoms with Gasteiger partial charge in [-0.25, -0.2) is 0 Å². The summed E-state index contributed by atoms with van der Waals surface area (Å²) < 4.78 is 5.16. The van der Waals surface area contributed by atoms with Crippen molar-refractivity contribution in [2.24, 2.45) is 0 Å². The molecule has 0 aliphatic heterocycles. The van der Waals surface area contributed by atoms with Crippen LogP contribution in [-0.2, 0) is 13.1 Å². The van der Waals surface area contributed by atoms with Crippen molar-refractivity contribution in [2.75, 3.05) is 7.11 Å². The summed E-state index contributed by atoms with van der Waals surface area (Å²) in [7, 11) is 1.64.